The highest BCUT2D eigenvalue weighted by atomic mass is 32.2. The standard InChI is InChI=1S/C22H25N3O2S/c1-3-12-25-19-14-18(9-10-20(19)28-16-21(25)26)22(27)23-11-13-24(2)15-17-7-5-4-6-8-17/h3-10,14H,1,11-13,15-16H2,2H3,(H,23,27). The number of carbonyl (C=O) groups is 2. The highest BCUT2D eigenvalue weighted by molar-refractivity contribution is 8.00. The Morgan fingerprint density at radius 2 is 2.07 bits per heavy atom. The molecule has 6 heteroatoms. The van der Waals surface area contributed by atoms with Crippen molar-refractivity contribution in [3.8, 4) is 0 Å². The van der Waals surface area contributed by atoms with E-state index in [9.17, 15) is 9.59 Å². The molecule has 0 bridgehead atoms. The van der Waals surface area contributed by atoms with Crippen molar-refractivity contribution in [3.63, 3.8) is 0 Å². The zero-order chi connectivity index (χ0) is 19.9. The number of thioether (sulfide) groups is 1. The summed E-state index contributed by atoms with van der Waals surface area (Å²) in [4.78, 5) is 29.6. The Kier molecular flexibility index (Phi) is 6.90. The van der Waals surface area contributed by atoms with Gasteiger partial charge in [-0.15, -0.1) is 18.3 Å². The minimum atomic E-state index is -0.127. The molecule has 0 radical (unpaired) electrons. The van der Waals surface area contributed by atoms with Gasteiger partial charge in [-0.2, -0.15) is 0 Å². The van der Waals surface area contributed by atoms with Gasteiger partial charge in [-0.1, -0.05) is 36.4 Å². The van der Waals surface area contributed by atoms with E-state index >= 15 is 0 Å². The molecule has 0 saturated carbocycles. The quantitative estimate of drug-likeness (QED) is 0.698. The fraction of sp³-hybridized carbons (Fsp3) is 0.273. The van der Waals surface area contributed by atoms with Crippen molar-refractivity contribution in [1.82, 2.24) is 10.2 Å². The Bertz CT molecular complexity index is 854. The van der Waals surface area contributed by atoms with Gasteiger partial charge in [-0.05, 0) is 30.8 Å². The molecule has 146 valence electrons. The van der Waals surface area contributed by atoms with Gasteiger partial charge in [-0.3, -0.25) is 9.59 Å². The number of likely N-dealkylation sites (N-methyl/N-ethyl adjacent to an activating group) is 1. The van der Waals surface area contributed by atoms with Crippen molar-refractivity contribution in [2.75, 3.05) is 37.3 Å². The van der Waals surface area contributed by atoms with Crippen LogP contribution in [0.4, 0.5) is 5.69 Å². The number of fused-ring (bicyclic) bond motifs is 1. The van der Waals surface area contributed by atoms with Crippen LogP contribution < -0.4 is 10.2 Å². The maximum atomic E-state index is 12.6. The van der Waals surface area contributed by atoms with Crippen LogP contribution in [0.1, 0.15) is 15.9 Å². The van der Waals surface area contributed by atoms with E-state index in [0.717, 1.165) is 23.7 Å². The molecule has 3 rings (SSSR count). The van der Waals surface area contributed by atoms with E-state index < -0.39 is 0 Å². The first-order valence-corrected chi connectivity index (χ1v) is 10.3. The zero-order valence-electron chi connectivity index (χ0n) is 16.1. The Labute approximate surface area is 170 Å². The molecule has 0 spiro atoms. The van der Waals surface area contributed by atoms with Crippen LogP contribution in [0.15, 0.2) is 66.1 Å². The monoisotopic (exact) mass is 395 g/mol. The summed E-state index contributed by atoms with van der Waals surface area (Å²) in [6.45, 7) is 6.32. The number of rotatable bonds is 8. The van der Waals surface area contributed by atoms with Gasteiger partial charge in [0.05, 0.1) is 11.4 Å². The molecule has 1 aliphatic rings. The number of anilines is 1. The molecule has 0 aromatic heterocycles. The summed E-state index contributed by atoms with van der Waals surface area (Å²) < 4.78 is 0. The number of nitrogens with one attached hydrogen (secondary N) is 1. The average Bonchev–Trinajstić information content (AvgIpc) is 2.70. The number of hydrogen-bond donors (Lipinski definition) is 1. The summed E-state index contributed by atoms with van der Waals surface area (Å²) >= 11 is 1.51. The summed E-state index contributed by atoms with van der Waals surface area (Å²) in [5, 5.41) is 2.97. The van der Waals surface area contributed by atoms with Gasteiger partial charge in [0.25, 0.3) is 5.91 Å². The van der Waals surface area contributed by atoms with Crippen LogP contribution in [-0.2, 0) is 11.3 Å². The molecule has 5 nitrogen and oxygen atoms in total. The number of nitrogens with zero attached hydrogens (tertiary/aromatic N) is 2. The molecule has 1 aliphatic heterocycles. The van der Waals surface area contributed by atoms with Crippen molar-refractivity contribution in [1.29, 1.82) is 0 Å². The minimum absolute atomic E-state index is 0.0393. The van der Waals surface area contributed by atoms with Crippen LogP contribution in [-0.4, -0.2) is 49.1 Å². The third-order valence-electron chi connectivity index (χ3n) is 4.55. The molecule has 1 N–H and O–H groups in total. The SMILES string of the molecule is C=CCN1C(=O)CSc2ccc(C(=O)NCCN(C)Cc3ccccc3)cc21. The first-order chi connectivity index (χ1) is 13.6. The lowest BCUT2D eigenvalue weighted by Gasteiger charge is -2.28. The van der Waals surface area contributed by atoms with Gasteiger partial charge in [0.2, 0.25) is 5.91 Å². The van der Waals surface area contributed by atoms with E-state index in [-0.39, 0.29) is 11.8 Å². The fourth-order valence-electron chi connectivity index (χ4n) is 3.11. The van der Waals surface area contributed by atoms with E-state index in [1.54, 1.807) is 17.0 Å². The van der Waals surface area contributed by atoms with E-state index in [0.29, 0.717) is 24.4 Å². The minimum Gasteiger partial charge on any atom is -0.351 e. The topological polar surface area (TPSA) is 52.7 Å². The van der Waals surface area contributed by atoms with Crippen LogP contribution in [0.3, 0.4) is 0 Å². The summed E-state index contributed by atoms with van der Waals surface area (Å²) in [5.74, 6) is 0.329. The Morgan fingerprint density at radius 1 is 1.29 bits per heavy atom. The number of benzene rings is 2. The van der Waals surface area contributed by atoms with Crippen LogP contribution in [0, 0.1) is 0 Å². The molecule has 0 saturated heterocycles. The third kappa shape index (κ3) is 5.03. The second-order valence-electron chi connectivity index (χ2n) is 6.74. The summed E-state index contributed by atoms with van der Waals surface area (Å²) in [6.07, 6.45) is 1.70. The highest BCUT2D eigenvalue weighted by Gasteiger charge is 2.24. The van der Waals surface area contributed by atoms with Gasteiger partial charge >= 0.3 is 0 Å². The first kappa shape index (κ1) is 20.2. The van der Waals surface area contributed by atoms with Crippen molar-refractivity contribution < 1.29 is 9.59 Å². The maximum absolute atomic E-state index is 12.6. The van der Waals surface area contributed by atoms with Gasteiger partial charge in [0, 0.05) is 36.6 Å². The highest BCUT2D eigenvalue weighted by Crippen LogP contribution is 2.35. The molecule has 2 amide bonds. The van der Waals surface area contributed by atoms with Crippen molar-refractivity contribution in [2.45, 2.75) is 11.4 Å². The summed E-state index contributed by atoms with van der Waals surface area (Å²) in [6, 6.07) is 15.8. The molecular weight excluding hydrogens is 370 g/mol. The van der Waals surface area contributed by atoms with Crippen LogP contribution >= 0.6 is 11.8 Å². The van der Waals surface area contributed by atoms with Crippen LogP contribution in [0.5, 0.6) is 0 Å². The molecular formula is C22H25N3O2S. The maximum Gasteiger partial charge on any atom is 0.251 e. The summed E-state index contributed by atoms with van der Waals surface area (Å²) in [7, 11) is 2.04. The number of hydrogen-bond acceptors (Lipinski definition) is 4. The van der Waals surface area contributed by atoms with E-state index in [1.165, 1.54) is 17.3 Å². The smallest absolute Gasteiger partial charge is 0.251 e. The lowest BCUT2D eigenvalue weighted by atomic mass is 10.1. The molecule has 1 heterocycles. The van der Waals surface area contributed by atoms with Gasteiger partial charge in [-0.25, -0.2) is 0 Å². The third-order valence-corrected chi connectivity index (χ3v) is 5.60. The Hall–Kier alpha value is -2.57. The number of carbonyl (C=O) groups excluding carboxylic acids is 2. The van der Waals surface area contributed by atoms with Gasteiger partial charge in [0.15, 0.2) is 0 Å². The Balaban J connectivity index is 1.57. The molecule has 2 aromatic rings. The van der Waals surface area contributed by atoms with Crippen molar-refractivity contribution >= 4 is 29.3 Å². The molecule has 0 unspecified atom stereocenters. The van der Waals surface area contributed by atoms with Crippen molar-refractivity contribution in [2.24, 2.45) is 0 Å². The molecule has 0 atom stereocenters. The largest absolute Gasteiger partial charge is 0.351 e. The van der Waals surface area contributed by atoms with Gasteiger partial charge in [0.1, 0.15) is 0 Å². The van der Waals surface area contributed by atoms with Crippen LogP contribution in [0.2, 0.25) is 0 Å². The lowest BCUT2D eigenvalue weighted by Crippen LogP contribution is -2.36. The first-order valence-electron chi connectivity index (χ1n) is 9.27. The predicted octanol–water partition coefficient (Wildman–Crippen LogP) is 3.17. The van der Waals surface area contributed by atoms with Gasteiger partial charge < -0.3 is 15.1 Å². The lowest BCUT2D eigenvalue weighted by molar-refractivity contribution is -0.116. The molecule has 0 aliphatic carbocycles. The number of amides is 2. The normalized spacial score (nSPS) is 13.4. The fourth-order valence-corrected chi connectivity index (χ4v) is 4.03. The molecule has 0 fully saturated rings. The van der Waals surface area contributed by atoms with Crippen molar-refractivity contribution in [3.05, 3.63) is 72.3 Å². The summed E-state index contributed by atoms with van der Waals surface area (Å²) in [5.41, 5.74) is 2.60. The second-order valence-corrected chi connectivity index (χ2v) is 7.76. The van der Waals surface area contributed by atoms with Crippen LogP contribution in [0.25, 0.3) is 0 Å². The zero-order valence-corrected chi connectivity index (χ0v) is 16.9. The predicted molar refractivity (Wildman–Crippen MR) is 115 cm³/mol. The van der Waals surface area contributed by atoms with E-state index in [2.05, 4.69) is 28.9 Å². The Morgan fingerprint density at radius 3 is 2.82 bits per heavy atom. The van der Waals surface area contributed by atoms with E-state index in [1.807, 2.05) is 37.4 Å². The van der Waals surface area contributed by atoms with E-state index in [4.69, 9.17) is 0 Å². The molecule has 28 heavy (non-hydrogen) atoms. The second kappa shape index (κ2) is 9.57. The molecule has 2 aromatic carbocycles. The average molecular weight is 396 g/mol.